The van der Waals surface area contributed by atoms with Crippen molar-refractivity contribution in [3.63, 3.8) is 0 Å². The molecule has 0 aliphatic rings. The number of fused-ring (bicyclic) bond motifs is 1. The van der Waals surface area contributed by atoms with Crippen molar-refractivity contribution in [2.75, 3.05) is 0 Å². The van der Waals surface area contributed by atoms with E-state index in [-0.39, 0.29) is 5.69 Å². The van der Waals surface area contributed by atoms with Crippen molar-refractivity contribution in [3.05, 3.63) is 71.9 Å². The number of carboxylic acid groups (broad SMARTS) is 1. The molecule has 2 N–H and O–H groups in total. The predicted octanol–water partition coefficient (Wildman–Crippen LogP) is 6.79. The minimum atomic E-state index is -1.15. The van der Waals surface area contributed by atoms with E-state index in [2.05, 4.69) is 30.0 Å². The SMILES string of the molecule is Cc1nn(-c2nc(-c3ccc4[nH]ccc4c3)c(SC(C)C)s2)c(C(=O)O)c1-c1cccc(F)c1. The topological polar surface area (TPSA) is 83.8 Å². The fourth-order valence-electron chi connectivity index (χ4n) is 3.92. The van der Waals surface area contributed by atoms with Crippen molar-refractivity contribution in [2.24, 2.45) is 0 Å². The quantitative estimate of drug-likeness (QED) is 0.255. The third-order valence-electron chi connectivity index (χ3n) is 5.31. The molecule has 6 nitrogen and oxygen atoms in total. The molecule has 0 spiro atoms. The number of thioether (sulfide) groups is 1. The number of rotatable bonds is 6. The number of aromatic carboxylic acids is 1. The molecule has 0 amide bonds. The summed E-state index contributed by atoms with van der Waals surface area (Å²) >= 11 is 3.08. The molecule has 5 rings (SSSR count). The zero-order valence-electron chi connectivity index (χ0n) is 18.7. The van der Waals surface area contributed by atoms with Crippen LogP contribution in [-0.4, -0.2) is 36.1 Å². The molecule has 34 heavy (non-hydrogen) atoms. The molecule has 3 aromatic heterocycles. The van der Waals surface area contributed by atoms with Gasteiger partial charge >= 0.3 is 5.97 Å². The van der Waals surface area contributed by atoms with E-state index < -0.39 is 11.8 Å². The Kier molecular flexibility index (Phi) is 5.75. The van der Waals surface area contributed by atoms with Crippen LogP contribution in [0.4, 0.5) is 4.39 Å². The second kappa shape index (κ2) is 8.73. The maximum atomic E-state index is 13.9. The first-order valence-corrected chi connectivity index (χ1v) is 12.4. The number of aromatic nitrogens is 4. The number of carboxylic acids is 1. The number of H-pyrrole nitrogens is 1. The number of halogens is 1. The van der Waals surface area contributed by atoms with Crippen molar-refractivity contribution in [1.29, 1.82) is 0 Å². The lowest BCUT2D eigenvalue weighted by molar-refractivity contribution is 0.0688. The van der Waals surface area contributed by atoms with Crippen LogP contribution < -0.4 is 0 Å². The number of hydrogen-bond acceptors (Lipinski definition) is 5. The molecular formula is C25H21FN4O2S2. The third kappa shape index (κ3) is 4.01. The number of thiazole rings is 1. The Bertz CT molecular complexity index is 1530. The van der Waals surface area contributed by atoms with Crippen molar-refractivity contribution in [3.8, 4) is 27.5 Å². The molecule has 0 unspecified atom stereocenters. The number of hydrogen-bond donors (Lipinski definition) is 2. The van der Waals surface area contributed by atoms with Crippen molar-refractivity contribution >= 4 is 40.0 Å². The fraction of sp³-hybridized carbons (Fsp3) is 0.160. The molecule has 0 radical (unpaired) electrons. The van der Waals surface area contributed by atoms with Crippen LogP contribution in [0, 0.1) is 12.7 Å². The summed E-state index contributed by atoms with van der Waals surface area (Å²) in [4.78, 5) is 20.4. The molecule has 0 fully saturated rings. The van der Waals surface area contributed by atoms with E-state index in [1.165, 1.54) is 28.2 Å². The molecule has 0 saturated heterocycles. The van der Waals surface area contributed by atoms with Crippen LogP contribution in [-0.2, 0) is 0 Å². The highest BCUT2D eigenvalue weighted by Gasteiger charge is 2.27. The van der Waals surface area contributed by atoms with Gasteiger partial charge in [0.25, 0.3) is 0 Å². The molecule has 5 aromatic rings. The van der Waals surface area contributed by atoms with Gasteiger partial charge in [-0.3, -0.25) is 0 Å². The first-order valence-electron chi connectivity index (χ1n) is 10.7. The van der Waals surface area contributed by atoms with E-state index >= 15 is 0 Å². The van der Waals surface area contributed by atoms with Gasteiger partial charge in [-0.25, -0.2) is 14.2 Å². The average Bonchev–Trinajstić information content (AvgIpc) is 3.49. The van der Waals surface area contributed by atoms with Gasteiger partial charge in [-0.15, -0.1) is 11.8 Å². The molecule has 0 bridgehead atoms. The average molecular weight is 493 g/mol. The van der Waals surface area contributed by atoms with Gasteiger partial charge in [0.15, 0.2) is 5.69 Å². The molecule has 2 aromatic carbocycles. The van der Waals surface area contributed by atoms with E-state index in [0.29, 0.717) is 27.2 Å². The van der Waals surface area contributed by atoms with Crippen LogP contribution in [0.1, 0.15) is 30.0 Å². The van der Waals surface area contributed by atoms with Crippen LogP contribution in [0.3, 0.4) is 0 Å². The molecule has 0 atom stereocenters. The van der Waals surface area contributed by atoms with Gasteiger partial charge in [0.2, 0.25) is 5.13 Å². The van der Waals surface area contributed by atoms with Gasteiger partial charge in [0.05, 0.1) is 15.6 Å². The lowest BCUT2D eigenvalue weighted by atomic mass is 10.0. The molecule has 0 aliphatic heterocycles. The summed E-state index contributed by atoms with van der Waals surface area (Å²) in [5.41, 5.74) is 4.08. The number of nitrogens with one attached hydrogen (secondary N) is 1. The molecular weight excluding hydrogens is 471 g/mol. The van der Waals surface area contributed by atoms with Crippen molar-refractivity contribution < 1.29 is 14.3 Å². The maximum Gasteiger partial charge on any atom is 0.355 e. The summed E-state index contributed by atoms with van der Waals surface area (Å²) in [6.45, 7) is 5.93. The predicted molar refractivity (Wildman–Crippen MR) is 135 cm³/mol. The van der Waals surface area contributed by atoms with Crippen molar-refractivity contribution in [1.82, 2.24) is 19.7 Å². The Morgan fingerprint density at radius 3 is 2.74 bits per heavy atom. The number of aryl methyl sites for hydroxylation is 1. The van der Waals surface area contributed by atoms with Crippen LogP contribution >= 0.6 is 23.1 Å². The Balaban J connectivity index is 1.70. The third-order valence-corrected chi connectivity index (χ3v) is 7.55. The molecule has 0 aliphatic carbocycles. The number of aromatic amines is 1. The zero-order valence-corrected chi connectivity index (χ0v) is 20.3. The largest absolute Gasteiger partial charge is 0.476 e. The van der Waals surface area contributed by atoms with Crippen molar-refractivity contribution in [2.45, 2.75) is 30.2 Å². The Morgan fingerprint density at radius 1 is 1.18 bits per heavy atom. The zero-order chi connectivity index (χ0) is 24.0. The molecule has 9 heteroatoms. The lowest BCUT2D eigenvalue weighted by Gasteiger charge is -2.05. The summed E-state index contributed by atoms with van der Waals surface area (Å²) in [7, 11) is 0. The monoisotopic (exact) mass is 492 g/mol. The van der Waals surface area contributed by atoms with Crippen LogP contribution in [0.15, 0.2) is 58.9 Å². The highest BCUT2D eigenvalue weighted by atomic mass is 32.2. The van der Waals surface area contributed by atoms with Crippen LogP contribution in [0.2, 0.25) is 0 Å². The Morgan fingerprint density at radius 2 is 2.00 bits per heavy atom. The summed E-state index contributed by atoms with van der Waals surface area (Å²) < 4.78 is 16.3. The van der Waals surface area contributed by atoms with Gasteiger partial charge in [-0.05, 0) is 42.8 Å². The summed E-state index contributed by atoms with van der Waals surface area (Å²) in [5, 5.41) is 16.5. The number of nitrogens with zero attached hydrogens (tertiary/aromatic N) is 3. The second-order valence-corrected chi connectivity index (χ2v) is 10.9. The minimum absolute atomic E-state index is 0.0365. The number of carbonyl (C=O) groups is 1. The van der Waals surface area contributed by atoms with E-state index in [0.717, 1.165) is 26.4 Å². The standard InChI is InChI=1S/C25H21FN4O2S2/c1-13(2)33-24-21(17-7-8-19-15(11-17)9-10-27-19)28-25(34-24)30-22(23(31)32)20(14(3)29-30)16-5-4-6-18(26)12-16/h4-13,27H,1-3H3,(H,31,32). The summed E-state index contributed by atoms with van der Waals surface area (Å²) in [5.74, 6) is -1.59. The minimum Gasteiger partial charge on any atom is -0.476 e. The highest BCUT2D eigenvalue weighted by Crippen LogP contribution is 2.41. The Labute approximate surface area is 203 Å². The second-order valence-electron chi connectivity index (χ2n) is 8.12. The summed E-state index contributed by atoms with van der Waals surface area (Å²) in [6.07, 6.45) is 1.89. The van der Waals surface area contributed by atoms with E-state index in [1.807, 2.05) is 24.4 Å². The first-order chi connectivity index (χ1) is 16.3. The van der Waals surface area contributed by atoms with E-state index in [1.54, 1.807) is 30.8 Å². The smallest absolute Gasteiger partial charge is 0.355 e. The molecule has 3 heterocycles. The molecule has 172 valence electrons. The van der Waals surface area contributed by atoms with Crippen LogP contribution in [0.5, 0.6) is 0 Å². The summed E-state index contributed by atoms with van der Waals surface area (Å²) in [6, 6.07) is 14.0. The van der Waals surface area contributed by atoms with Gasteiger partial charge in [0.1, 0.15) is 5.82 Å². The number of benzene rings is 2. The van der Waals surface area contributed by atoms with E-state index in [4.69, 9.17) is 4.98 Å². The first kappa shape index (κ1) is 22.4. The fourth-order valence-corrected chi connectivity index (χ4v) is 6.39. The lowest BCUT2D eigenvalue weighted by Crippen LogP contribution is -2.09. The normalized spacial score (nSPS) is 11.6. The molecule has 0 saturated carbocycles. The van der Waals surface area contributed by atoms with Crippen LogP contribution in [0.25, 0.3) is 38.4 Å². The highest BCUT2D eigenvalue weighted by molar-refractivity contribution is 8.01. The maximum absolute atomic E-state index is 13.9. The van der Waals surface area contributed by atoms with Gasteiger partial charge < -0.3 is 10.1 Å². The van der Waals surface area contributed by atoms with Gasteiger partial charge in [0, 0.05) is 33.5 Å². The van der Waals surface area contributed by atoms with Gasteiger partial charge in [-0.2, -0.15) is 9.78 Å². The Hall–Kier alpha value is -3.43. The van der Waals surface area contributed by atoms with Gasteiger partial charge in [-0.1, -0.05) is 43.4 Å². The van der Waals surface area contributed by atoms with E-state index in [9.17, 15) is 14.3 Å².